The average Bonchev–Trinajstić information content (AvgIpc) is 2.99. The van der Waals surface area contributed by atoms with Gasteiger partial charge in [0.05, 0.1) is 6.21 Å². The molecule has 23 heavy (non-hydrogen) atoms. The number of nitrogens with zero attached hydrogens (tertiary/aromatic N) is 1. The van der Waals surface area contributed by atoms with E-state index in [-0.39, 0.29) is 11.8 Å². The molecule has 0 bridgehead atoms. The van der Waals surface area contributed by atoms with E-state index >= 15 is 0 Å². The summed E-state index contributed by atoms with van der Waals surface area (Å²) < 4.78 is 0. The second-order valence-corrected chi connectivity index (χ2v) is 5.61. The van der Waals surface area contributed by atoms with Gasteiger partial charge in [0.2, 0.25) is 5.91 Å². The molecule has 0 saturated carbocycles. The van der Waals surface area contributed by atoms with Crippen LogP contribution in [0.1, 0.15) is 18.1 Å². The van der Waals surface area contributed by atoms with E-state index in [2.05, 4.69) is 21.6 Å². The molecule has 1 aromatic heterocycles. The molecule has 0 aliphatic rings. The van der Waals surface area contributed by atoms with E-state index in [4.69, 9.17) is 0 Å². The Morgan fingerprint density at radius 3 is 2.74 bits per heavy atom. The van der Waals surface area contributed by atoms with Crippen molar-refractivity contribution in [2.24, 2.45) is 11.0 Å². The monoisotopic (exact) mass is 305 g/mol. The molecule has 3 rings (SSSR count). The first-order valence-electron chi connectivity index (χ1n) is 7.67. The molecule has 0 radical (unpaired) electrons. The van der Waals surface area contributed by atoms with Crippen LogP contribution in [0.5, 0.6) is 0 Å². The first-order valence-corrected chi connectivity index (χ1v) is 7.67. The van der Waals surface area contributed by atoms with Gasteiger partial charge in [-0.3, -0.25) is 4.79 Å². The molecule has 116 valence electrons. The van der Waals surface area contributed by atoms with Crippen LogP contribution in [0.25, 0.3) is 10.9 Å². The molecule has 0 aliphatic heterocycles. The smallest absolute Gasteiger partial charge is 0.243 e. The maximum absolute atomic E-state index is 12.2. The van der Waals surface area contributed by atoms with Gasteiger partial charge in [-0.25, -0.2) is 5.43 Å². The van der Waals surface area contributed by atoms with Gasteiger partial charge in [-0.05, 0) is 23.6 Å². The Morgan fingerprint density at radius 2 is 1.91 bits per heavy atom. The Hall–Kier alpha value is -2.88. The normalized spacial score (nSPS) is 12.6. The third kappa shape index (κ3) is 3.66. The minimum Gasteiger partial charge on any atom is -0.361 e. The standard InChI is InChI=1S/C19H19N3O/c1-14(11-16-13-20-18-10-6-5-9-17(16)18)19(23)22-21-12-15-7-3-2-4-8-15/h2-10,12-14,20H,11H2,1H3,(H,22,23)/b21-12+/t14-/m0/s1. The van der Waals surface area contributed by atoms with Gasteiger partial charge < -0.3 is 4.98 Å². The number of benzene rings is 2. The van der Waals surface area contributed by atoms with E-state index in [0.29, 0.717) is 6.42 Å². The lowest BCUT2D eigenvalue weighted by atomic mass is 10.0. The van der Waals surface area contributed by atoms with Crippen molar-refractivity contribution in [1.82, 2.24) is 10.4 Å². The van der Waals surface area contributed by atoms with Gasteiger partial charge in [0, 0.05) is 23.0 Å². The van der Waals surface area contributed by atoms with Crippen LogP contribution in [-0.2, 0) is 11.2 Å². The van der Waals surface area contributed by atoms with E-state index in [1.165, 1.54) is 5.39 Å². The van der Waals surface area contributed by atoms with Crippen LogP contribution in [0, 0.1) is 5.92 Å². The fraction of sp³-hybridized carbons (Fsp3) is 0.158. The highest BCUT2D eigenvalue weighted by Crippen LogP contribution is 2.20. The molecule has 0 unspecified atom stereocenters. The third-order valence-corrected chi connectivity index (χ3v) is 3.84. The topological polar surface area (TPSA) is 57.2 Å². The molecule has 4 heteroatoms. The first kappa shape index (κ1) is 15.0. The number of hydrogen-bond acceptors (Lipinski definition) is 2. The van der Waals surface area contributed by atoms with Crippen molar-refractivity contribution in [3.05, 3.63) is 71.9 Å². The Bertz CT molecular complexity index is 821. The number of rotatable bonds is 5. The fourth-order valence-corrected chi connectivity index (χ4v) is 2.54. The highest BCUT2D eigenvalue weighted by molar-refractivity contribution is 5.85. The van der Waals surface area contributed by atoms with Crippen molar-refractivity contribution in [3.8, 4) is 0 Å². The number of nitrogens with one attached hydrogen (secondary N) is 2. The van der Waals surface area contributed by atoms with Crippen LogP contribution in [0.3, 0.4) is 0 Å². The molecular formula is C19H19N3O. The summed E-state index contributed by atoms with van der Waals surface area (Å²) in [5.74, 6) is -0.232. The third-order valence-electron chi connectivity index (χ3n) is 3.84. The van der Waals surface area contributed by atoms with Crippen molar-refractivity contribution in [2.75, 3.05) is 0 Å². The summed E-state index contributed by atoms with van der Waals surface area (Å²) in [5.41, 5.74) is 5.81. The molecule has 0 fully saturated rings. The Kier molecular flexibility index (Phi) is 4.52. The van der Waals surface area contributed by atoms with Crippen LogP contribution >= 0.6 is 0 Å². The molecule has 1 heterocycles. The molecule has 4 nitrogen and oxygen atoms in total. The molecule has 2 N–H and O–H groups in total. The molecule has 0 saturated heterocycles. The summed E-state index contributed by atoms with van der Waals surface area (Å²) in [4.78, 5) is 15.4. The number of hydrazone groups is 1. The fourth-order valence-electron chi connectivity index (χ4n) is 2.54. The summed E-state index contributed by atoms with van der Waals surface area (Å²) >= 11 is 0. The van der Waals surface area contributed by atoms with Crippen LogP contribution < -0.4 is 5.43 Å². The summed E-state index contributed by atoms with van der Waals surface area (Å²) in [6, 6.07) is 17.8. The lowest BCUT2D eigenvalue weighted by Crippen LogP contribution is -2.26. The second kappa shape index (κ2) is 6.92. The van der Waals surface area contributed by atoms with Crippen molar-refractivity contribution in [2.45, 2.75) is 13.3 Å². The quantitative estimate of drug-likeness (QED) is 0.550. The van der Waals surface area contributed by atoms with E-state index in [1.807, 2.05) is 61.7 Å². The maximum atomic E-state index is 12.2. The molecule has 3 aromatic rings. The van der Waals surface area contributed by atoms with Gasteiger partial charge in [0.1, 0.15) is 0 Å². The van der Waals surface area contributed by atoms with E-state index in [1.54, 1.807) is 6.21 Å². The molecule has 1 amide bonds. The zero-order valence-corrected chi connectivity index (χ0v) is 13.0. The summed E-state index contributed by atoms with van der Waals surface area (Å²) in [6.07, 6.45) is 4.30. The Labute approximate surface area is 135 Å². The number of fused-ring (bicyclic) bond motifs is 1. The van der Waals surface area contributed by atoms with Crippen molar-refractivity contribution in [3.63, 3.8) is 0 Å². The minimum absolute atomic E-state index is 0.0811. The minimum atomic E-state index is -0.151. The summed E-state index contributed by atoms with van der Waals surface area (Å²) in [5, 5.41) is 5.19. The predicted molar refractivity (Wildman–Crippen MR) is 93.3 cm³/mol. The van der Waals surface area contributed by atoms with Crippen molar-refractivity contribution in [1.29, 1.82) is 0 Å². The van der Waals surface area contributed by atoms with E-state index in [0.717, 1.165) is 16.6 Å². The lowest BCUT2D eigenvalue weighted by molar-refractivity contribution is -0.124. The molecule has 0 spiro atoms. The van der Waals surface area contributed by atoms with Crippen LogP contribution in [0.2, 0.25) is 0 Å². The van der Waals surface area contributed by atoms with Crippen molar-refractivity contribution < 1.29 is 4.79 Å². The number of aromatic nitrogens is 1. The van der Waals surface area contributed by atoms with Gasteiger partial charge >= 0.3 is 0 Å². The maximum Gasteiger partial charge on any atom is 0.243 e. The van der Waals surface area contributed by atoms with Gasteiger partial charge in [0.25, 0.3) is 0 Å². The van der Waals surface area contributed by atoms with E-state index < -0.39 is 0 Å². The first-order chi connectivity index (χ1) is 11.2. The number of para-hydroxylation sites is 1. The zero-order chi connectivity index (χ0) is 16.1. The molecule has 1 atom stereocenters. The highest BCUT2D eigenvalue weighted by Gasteiger charge is 2.15. The Balaban J connectivity index is 1.60. The number of hydrogen-bond donors (Lipinski definition) is 2. The van der Waals surface area contributed by atoms with E-state index in [9.17, 15) is 4.79 Å². The van der Waals surface area contributed by atoms with Crippen molar-refractivity contribution >= 4 is 23.0 Å². The number of carbonyl (C=O) groups is 1. The lowest BCUT2D eigenvalue weighted by Gasteiger charge is -2.08. The number of aromatic amines is 1. The zero-order valence-electron chi connectivity index (χ0n) is 13.0. The number of carbonyl (C=O) groups excluding carboxylic acids is 1. The average molecular weight is 305 g/mol. The van der Waals surface area contributed by atoms with Gasteiger partial charge in [-0.1, -0.05) is 55.5 Å². The second-order valence-electron chi connectivity index (χ2n) is 5.61. The number of H-pyrrole nitrogens is 1. The van der Waals surface area contributed by atoms with Gasteiger partial charge in [0.15, 0.2) is 0 Å². The Morgan fingerprint density at radius 1 is 1.17 bits per heavy atom. The largest absolute Gasteiger partial charge is 0.361 e. The summed E-state index contributed by atoms with van der Waals surface area (Å²) in [7, 11) is 0. The van der Waals surface area contributed by atoms with Crippen LogP contribution in [0.4, 0.5) is 0 Å². The molecular weight excluding hydrogens is 286 g/mol. The predicted octanol–water partition coefficient (Wildman–Crippen LogP) is 3.50. The van der Waals surface area contributed by atoms with Gasteiger partial charge in [-0.2, -0.15) is 5.10 Å². The van der Waals surface area contributed by atoms with Crippen LogP contribution in [0.15, 0.2) is 65.9 Å². The highest BCUT2D eigenvalue weighted by atomic mass is 16.2. The van der Waals surface area contributed by atoms with Crippen LogP contribution in [-0.4, -0.2) is 17.1 Å². The number of amides is 1. The molecule has 0 aliphatic carbocycles. The molecule has 2 aromatic carbocycles. The summed E-state index contributed by atoms with van der Waals surface area (Å²) in [6.45, 7) is 1.91. The van der Waals surface area contributed by atoms with Gasteiger partial charge in [-0.15, -0.1) is 0 Å². The SMILES string of the molecule is C[C@@H](Cc1c[nH]c2ccccc12)C(=O)N/N=C/c1ccccc1.